The van der Waals surface area contributed by atoms with Crippen LogP contribution in [0.3, 0.4) is 0 Å². The van der Waals surface area contributed by atoms with Crippen LogP contribution in [0.4, 0.5) is 0 Å². The summed E-state index contributed by atoms with van der Waals surface area (Å²) in [6, 6.07) is 15.3. The SMILES string of the molecule is COc1ccccc1C(C#N)NC(=O)CCOc1ccc(Cl)cc1. The molecule has 0 aromatic heterocycles. The summed E-state index contributed by atoms with van der Waals surface area (Å²) in [5.41, 5.74) is 0.620. The van der Waals surface area contributed by atoms with E-state index in [2.05, 4.69) is 11.4 Å². The molecule has 0 saturated heterocycles. The number of nitriles is 1. The lowest BCUT2D eigenvalue weighted by Gasteiger charge is -2.15. The number of halogens is 1. The number of ether oxygens (including phenoxy) is 2. The van der Waals surface area contributed by atoms with Gasteiger partial charge in [-0.15, -0.1) is 0 Å². The second-order valence-corrected chi connectivity index (χ2v) is 5.36. The van der Waals surface area contributed by atoms with Crippen molar-refractivity contribution in [1.29, 1.82) is 5.26 Å². The van der Waals surface area contributed by atoms with E-state index in [1.807, 2.05) is 0 Å². The topological polar surface area (TPSA) is 71.3 Å². The van der Waals surface area contributed by atoms with E-state index in [0.29, 0.717) is 22.1 Å². The molecule has 1 unspecified atom stereocenters. The van der Waals surface area contributed by atoms with E-state index < -0.39 is 6.04 Å². The van der Waals surface area contributed by atoms with Gasteiger partial charge in [0.15, 0.2) is 0 Å². The van der Waals surface area contributed by atoms with E-state index in [1.165, 1.54) is 7.11 Å². The Bertz CT molecular complexity index is 726. The number of carbonyl (C=O) groups is 1. The van der Waals surface area contributed by atoms with Crippen molar-refractivity contribution in [2.24, 2.45) is 0 Å². The molecule has 0 spiro atoms. The average molecular weight is 345 g/mol. The summed E-state index contributed by atoms with van der Waals surface area (Å²) in [7, 11) is 1.52. The van der Waals surface area contributed by atoms with Crippen molar-refractivity contribution >= 4 is 17.5 Å². The van der Waals surface area contributed by atoms with Crippen LogP contribution in [-0.4, -0.2) is 19.6 Å². The lowest BCUT2D eigenvalue weighted by molar-refractivity contribution is -0.122. The van der Waals surface area contributed by atoms with Crippen LogP contribution in [-0.2, 0) is 4.79 Å². The highest BCUT2D eigenvalue weighted by molar-refractivity contribution is 6.30. The van der Waals surface area contributed by atoms with Crippen molar-refractivity contribution < 1.29 is 14.3 Å². The average Bonchev–Trinajstić information content (AvgIpc) is 2.61. The molecule has 2 aromatic carbocycles. The molecule has 0 heterocycles. The smallest absolute Gasteiger partial charge is 0.224 e. The summed E-state index contributed by atoms with van der Waals surface area (Å²) in [6.07, 6.45) is 0.135. The summed E-state index contributed by atoms with van der Waals surface area (Å²) in [4.78, 5) is 12.0. The molecule has 0 aliphatic rings. The molecule has 0 radical (unpaired) electrons. The maximum Gasteiger partial charge on any atom is 0.224 e. The van der Waals surface area contributed by atoms with Crippen molar-refractivity contribution in [2.75, 3.05) is 13.7 Å². The molecule has 2 aromatic rings. The molecule has 124 valence electrons. The van der Waals surface area contributed by atoms with Crippen LogP contribution < -0.4 is 14.8 Å². The van der Waals surface area contributed by atoms with E-state index in [9.17, 15) is 10.1 Å². The van der Waals surface area contributed by atoms with E-state index >= 15 is 0 Å². The van der Waals surface area contributed by atoms with Gasteiger partial charge in [0.25, 0.3) is 0 Å². The number of para-hydroxylation sites is 1. The molecule has 5 nitrogen and oxygen atoms in total. The number of nitrogens with zero attached hydrogens (tertiary/aromatic N) is 1. The van der Waals surface area contributed by atoms with Gasteiger partial charge in [0.05, 0.1) is 26.2 Å². The lowest BCUT2D eigenvalue weighted by Crippen LogP contribution is -2.29. The van der Waals surface area contributed by atoms with Crippen LogP contribution in [0.1, 0.15) is 18.0 Å². The van der Waals surface area contributed by atoms with Crippen LogP contribution in [0, 0.1) is 11.3 Å². The Balaban J connectivity index is 1.88. The molecule has 0 aliphatic carbocycles. The van der Waals surface area contributed by atoms with Crippen LogP contribution in [0.2, 0.25) is 5.02 Å². The molecule has 24 heavy (non-hydrogen) atoms. The quantitative estimate of drug-likeness (QED) is 0.834. The Hall–Kier alpha value is -2.71. The molecule has 2 rings (SSSR count). The highest BCUT2D eigenvalue weighted by atomic mass is 35.5. The summed E-state index contributed by atoms with van der Waals surface area (Å²) in [5.74, 6) is 0.914. The van der Waals surface area contributed by atoms with Crippen LogP contribution >= 0.6 is 11.6 Å². The zero-order valence-electron chi connectivity index (χ0n) is 13.2. The molecule has 0 saturated carbocycles. The number of hydrogen-bond donors (Lipinski definition) is 1. The van der Waals surface area contributed by atoms with Crippen molar-refractivity contribution in [3.63, 3.8) is 0 Å². The fraction of sp³-hybridized carbons (Fsp3) is 0.222. The van der Waals surface area contributed by atoms with Crippen molar-refractivity contribution in [3.8, 4) is 17.6 Å². The largest absolute Gasteiger partial charge is 0.496 e. The second kappa shape index (κ2) is 8.80. The monoisotopic (exact) mass is 344 g/mol. The van der Waals surface area contributed by atoms with Crippen molar-refractivity contribution in [3.05, 3.63) is 59.1 Å². The van der Waals surface area contributed by atoms with E-state index in [4.69, 9.17) is 21.1 Å². The molecule has 1 amide bonds. The van der Waals surface area contributed by atoms with Gasteiger partial charge in [0, 0.05) is 10.6 Å². The number of rotatable bonds is 7. The first-order valence-electron chi connectivity index (χ1n) is 7.34. The van der Waals surface area contributed by atoms with Gasteiger partial charge in [-0.25, -0.2) is 0 Å². The maximum atomic E-state index is 12.0. The van der Waals surface area contributed by atoms with Crippen LogP contribution in [0.25, 0.3) is 0 Å². The first-order chi connectivity index (χ1) is 11.6. The molecule has 1 atom stereocenters. The van der Waals surface area contributed by atoms with Gasteiger partial charge in [-0.1, -0.05) is 29.8 Å². The normalized spacial score (nSPS) is 11.2. The lowest BCUT2D eigenvalue weighted by atomic mass is 10.1. The summed E-state index contributed by atoms with van der Waals surface area (Å²) in [6.45, 7) is 0.206. The summed E-state index contributed by atoms with van der Waals surface area (Å²) < 4.78 is 10.7. The molecule has 0 fully saturated rings. The Labute approximate surface area is 145 Å². The van der Waals surface area contributed by atoms with Crippen LogP contribution in [0.5, 0.6) is 11.5 Å². The van der Waals surface area contributed by atoms with E-state index in [1.54, 1.807) is 48.5 Å². The fourth-order valence-corrected chi connectivity index (χ4v) is 2.24. The second-order valence-electron chi connectivity index (χ2n) is 4.92. The van der Waals surface area contributed by atoms with Gasteiger partial charge in [-0.2, -0.15) is 5.26 Å². The van der Waals surface area contributed by atoms with Crippen LogP contribution in [0.15, 0.2) is 48.5 Å². The molecule has 0 aliphatic heterocycles. The summed E-state index contributed by atoms with van der Waals surface area (Å²) in [5, 5.41) is 12.6. The van der Waals surface area contributed by atoms with Gasteiger partial charge >= 0.3 is 0 Å². The highest BCUT2D eigenvalue weighted by Crippen LogP contribution is 2.24. The van der Waals surface area contributed by atoms with E-state index in [-0.39, 0.29) is 18.9 Å². The molecule has 1 N–H and O–H groups in total. The number of carbonyl (C=O) groups excluding carboxylic acids is 1. The molecular weight excluding hydrogens is 328 g/mol. The number of methoxy groups -OCH3 is 1. The third kappa shape index (κ3) is 4.90. The Morgan fingerprint density at radius 1 is 1.25 bits per heavy atom. The standard InChI is InChI=1S/C18H17ClN2O3/c1-23-17-5-3-2-4-15(17)16(12-20)21-18(22)10-11-24-14-8-6-13(19)7-9-14/h2-9,16H,10-11H2,1H3,(H,21,22). The number of hydrogen-bond acceptors (Lipinski definition) is 4. The predicted molar refractivity (Wildman–Crippen MR) is 91.1 cm³/mol. The van der Waals surface area contributed by atoms with E-state index in [0.717, 1.165) is 0 Å². The molecule has 0 bridgehead atoms. The highest BCUT2D eigenvalue weighted by Gasteiger charge is 2.17. The van der Waals surface area contributed by atoms with Crippen molar-refractivity contribution in [2.45, 2.75) is 12.5 Å². The minimum atomic E-state index is -0.774. The van der Waals surface area contributed by atoms with Crippen molar-refractivity contribution in [1.82, 2.24) is 5.32 Å². The third-order valence-electron chi connectivity index (χ3n) is 3.30. The third-order valence-corrected chi connectivity index (χ3v) is 3.55. The minimum Gasteiger partial charge on any atom is -0.496 e. The molecular formula is C18H17ClN2O3. The van der Waals surface area contributed by atoms with Gasteiger partial charge < -0.3 is 14.8 Å². The number of benzene rings is 2. The Kier molecular flexibility index (Phi) is 6.47. The first-order valence-corrected chi connectivity index (χ1v) is 7.72. The first kappa shape index (κ1) is 17.6. The fourth-order valence-electron chi connectivity index (χ4n) is 2.11. The van der Waals surface area contributed by atoms with Gasteiger partial charge in [-0.05, 0) is 30.3 Å². The number of nitrogens with one attached hydrogen (secondary N) is 1. The summed E-state index contributed by atoms with van der Waals surface area (Å²) >= 11 is 5.79. The zero-order chi connectivity index (χ0) is 17.4. The van der Waals surface area contributed by atoms with Gasteiger partial charge in [0.1, 0.15) is 17.5 Å². The van der Waals surface area contributed by atoms with Gasteiger partial charge in [-0.3, -0.25) is 4.79 Å². The maximum absolute atomic E-state index is 12.0. The zero-order valence-corrected chi connectivity index (χ0v) is 13.9. The van der Waals surface area contributed by atoms with Gasteiger partial charge in [0.2, 0.25) is 5.91 Å². The molecule has 6 heteroatoms. The Morgan fingerprint density at radius 3 is 2.62 bits per heavy atom. The Morgan fingerprint density at radius 2 is 1.96 bits per heavy atom. The predicted octanol–water partition coefficient (Wildman–Crippen LogP) is 3.50. The minimum absolute atomic E-state index is 0.135. The number of amides is 1.